The number of nitrogens with one attached hydrogen (secondary N) is 1. The molecule has 3 heterocycles. The Bertz CT molecular complexity index is 377. The van der Waals surface area contributed by atoms with Gasteiger partial charge >= 0.3 is 0 Å². The number of ether oxygens (including phenoxy) is 1. The lowest BCUT2D eigenvalue weighted by Gasteiger charge is -2.53. The summed E-state index contributed by atoms with van der Waals surface area (Å²) in [7, 11) is 0. The predicted molar refractivity (Wildman–Crippen MR) is 85.5 cm³/mol. The highest BCUT2D eigenvalue weighted by molar-refractivity contribution is 5.05. The number of rotatable bonds is 2. The van der Waals surface area contributed by atoms with Crippen molar-refractivity contribution in [2.45, 2.75) is 95.0 Å². The van der Waals surface area contributed by atoms with E-state index in [4.69, 9.17) is 4.74 Å². The van der Waals surface area contributed by atoms with Gasteiger partial charge in [0.2, 0.25) is 0 Å². The maximum Gasteiger partial charge on any atom is 0.0736 e. The molecule has 120 valence electrons. The van der Waals surface area contributed by atoms with Gasteiger partial charge in [-0.2, -0.15) is 0 Å². The van der Waals surface area contributed by atoms with Crippen LogP contribution in [-0.4, -0.2) is 47.8 Å². The molecule has 0 amide bonds. The maximum atomic E-state index is 6.18. The molecular formula is C18H32N2O. The molecule has 4 atom stereocenters. The van der Waals surface area contributed by atoms with E-state index in [0.29, 0.717) is 29.8 Å². The van der Waals surface area contributed by atoms with Gasteiger partial charge in [0.1, 0.15) is 0 Å². The van der Waals surface area contributed by atoms with Crippen LogP contribution in [0.5, 0.6) is 0 Å². The van der Waals surface area contributed by atoms with Gasteiger partial charge < -0.3 is 10.1 Å². The van der Waals surface area contributed by atoms with E-state index in [1.54, 1.807) is 0 Å². The molecule has 1 spiro atoms. The van der Waals surface area contributed by atoms with Crippen LogP contribution in [0.1, 0.15) is 65.2 Å². The van der Waals surface area contributed by atoms with Crippen molar-refractivity contribution in [1.82, 2.24) is 10.2 Å². The third-order valence-corrected chi connectivity index (χ3v) is 6.68. The zero-order valence-corrected chi connectivity index (χ0v) is 13.8. The minimum absolute atomic E-state index is 0.422. The summed E-state index contributed by atoms with van der Waals surface area (Å²) in [5.74, 6) is 0.734. The van der Waals surface area contributed by atoms with Crippen LogP contribution in [0, 0.1) is 5.92 Å². The van der Waals surface area contributed by atoms with Crippen LogP contribution in [0.25, 0.3) is 0 Å². The van der Waals surface area contributed by atoms with E-state index >= 15 is 0 Å². The molecular weight excluding hydrogens is 260 g/mol. The summed E-state index contributed by atoms with van der Waals surface area (Å²) in [6.07, 6.45) is 12.1. The molecule has 3 nitrogen and oxygen atoms in total. The van der Waals surface area contributed by atoms with Gasteiger partial charge in [0.05, 0.1) is 12.2 Å². The number of hydrogen-bond donors (Lipinski definition) is 1. The predicted octanol–water partition coefficient (Wildman–Crippen LogP) is 2.94. The van der Waals surface area contributed by atoms with E-state index in [1.165, 1.54) is 64.5 Å². The highest BCUT2D eigenvalue weighted by atomic mass is 16.5. The first-order valence-corrected chi connectivity index (χ1v) is 9.33. The number of hydrogen-bond acceptors (Lipinski definition) is 3. The van der Waals surface area contributed by atoms with Crippen molar-refractivity contribution in [2.24, 2.45) is 5.92 Å². The molecule has 0 aromatic heterocycles. The summed E-state index contributed by atoms with van der Waals surface area (Å²) in [4.78, 5) is 2.89. The molecule has 0 radical (unpaired) electrons. The molecule has 4 rings (SSSR count). The molecule has 3 saturated heterocycles. The fraction of sp³-hybridized carbons (Fsp3) is 1.00. The Morgan fingerprint density at radius 1 is 1.14 bits per heavy atom. The van der Waals surface area contributed by atoms with Crippen LogP contribution < -0.4 is 5.32 Å². The average Bonchev–Trinajstić information content (AvgIpc) is 3.10. The molecule has 2 bridgehead atoms. The summed E-state index contributed by atoms with van der Waals surface area (Å²) in [5, 5.41) is 3.98. The van der Waals surface area contributed by atoms with Crippen molar-refractivity contribution in [3.05, 3.63) is 0 Å². The van der Waals surface area contributed by atoms with E-state index < -0.39 is 0 Å². The van der Waals surface area contributed by atoms with Gasteiger partial charge in [-0.1, -0.05) is 33.1 Å². The van der Waals surface area contributed by atoms with Crippen molar-refractivity contribution in [2.75, 3.05) is 13.1 Å². The van der Waals surface area contributed by atoms with E-state index in [1.807, 2.05) is 0 Å². The second kappa shape index (κ2) is 5.50. The Hall–Kier alpha value is -0.120. The van der Waals surface area contributed by atoms with Crippen LogP contribution in [0.15, 0.2) is 0 Å². The summed E-state index contributed by atoms with van der Waals surface area (Å²) in [5.41, 5.74) is 0.422. The fourth-order valence-corrected chi connectivity index (χ4v) is 5.47. The number of fused-ring (bicyclic) bond motifs is 2. The third-order valence-electron chi connectivity index (χ3n) is 6.68. The van der Waals surface area contributed by atoms with Crippen LogP contribution in [-0.2, 0) is 4.74 Å². The molecule has 3 heteroatoms. The third kappa shape index (κ3) is 2.55. The van der Waals surface area contributed by atoms with E-state index in [-0.39, 0.29) is 0 Å². The van der Waals surface area contributed by atoms with Gasteiger partial charge in [0.15, 0.2) is 0 Å². The Morgan fingerprint density at radius 2 is 1.95 bits per heavy atom. The number of piperazine rings is 1. The fourth-order valence-electron chi connectivity index (χ4n) is 5.47. The van der Waals surface area contributed by atoms with Crippen LogP contribution >= 0.6 is 0 Å². The maximum absolute atomic E-state index is 6.18. The van der Waals surface area contributed by atoms with E-state index in [2.05, 4.69) is 24.1 Å². The minimum Gasteiger partial charge on any atom is -0.373 e. The molecule has 21 heavy (non-hydrogen) atoms. The van der Waals surface area contributed by atoms with E-state index in [0.717, 1.165) is 5.92 Å². The van der Waals surface area contributed by atoms with Gasteiger partial charge in [0.25, 0.3) is 0 Å². The van der Waals surface area contributed by atoms with Crippen molar-refractivity contribution >= 4 is 0 Å². The molecule has 0 aromatic rings. The normalized spacial score (nSPS) is 43.0. The Labute approximate surface area is 129 Å². The van der Waals surface area contributed by atoms with E-state index in [9.17, 15) is 0 Å². The molecule has 4 unspecified atom stereocenters. The number of nitrogens with zero attached hydrogens (tertiary/aromatic N) is 1. The van der Waals surface area contributed by atoms with Crippen LogP contribution in [0.2, 0.25) is 0 Å². The second-order valence-electron chi connectivity index (χ2n) is 8.38. The lowest BCUT2D eigenvalue weighted by molar-refractivity contribution is -0.0169. The SMILES string of the molecule is CC(C)C1CNC2(CCCCC2)CN1C1CC2CCC1O2. The Balaban J connectivity index is 1.54. The lowest BCUT2D eigenvalue weighted by Crippen LogP contribution is -2.68. The monoisotopic (exact) mass is 292 g/mol. The van der Waals surface area contributed by atoms with Gasteiger partial charge in [0, 0.05) is 30.7 Å². The quantitative estimate of drug-likeness (QED) is 0.847. The van der Waals surface area contributed by atoms with Crippen LogP contribution in [0.4, 0.5) is 0 Å². The van der Waals surface area contributed by atoms with Gasteiger partial charge in [-0.05, 0) is 38.0 Å². The first kappa shape index (κ1) is 14.5. The smallest absolute Gasteiger partial charge is 0.0736 e. The molecule has 1 N–H and O–H groups in total. The molecule has 0 aromatic carbocycles. The summed E-state index contributed by atoms with van der Waals surface area (Å²) in [6.45, 7) is 7.25. The summed E-state index contributed by atoms with van der Waals surface area (Å²) in [6, 6.07) is 1.41. The zero-order chi connectivity index (χ0) is 14.4. The zero-order valence-electron chi connectivity index (χ0n) is 13.8. The van der Waals surface area contributed by atoms with Crippen molar-refractivity contribution in [3.8, 4) is 0 Å². The highest BCUT2D eigenvalue weighted by Crippen LogP contribution is 2.41. The lowest BCUT2D eigenvalue weighted by atomic mass is 9.77. The largest absolute Gasteiger partial charge is 0.373 e. The Morgan fingerprint density at radius 3 is 2.57 bits per heavy atom. The second-order valence-corrected chi connectivity index (χ2v) is 8.38. The molecule has 4 fully saturated rings. The van der Waals surface area contributed by atoms with Crippen molar-refractivity contribution in [3.63, 3.8) is 0 Å². The molecule has 1 aliphatic carbocycles. The standard InChI is InChI=1S/C18H32N2O/c1-13(2)16-11-19-18(8-4-3-5-9-18)12-20(16)15-10-14-6-7-17(15)21-14/h13-17,19H,3-12H2,1-2H3. The first-order chi connectivity index (χ1) is 10.2. The summed E-state index contributed by atoms with van der Waals surface area (Å²) >= 11 is 0. The van der Waals surface area contributed by atoms with Crippen LogP contribution in [0.3, 0.4) is 0 Å². The summed E-state index contributed by atoms with van der Waals surface area (Å²) < 4.78 is 6.18. The highest BCUT2D eigenvalue weighted by Gasteiger charge is 2.49. The first-order valence-electron chi connectivity index (χ1n) is 9.33. The van der Waals surface area contributed by atoms with Gasteiger partial charge in [-0.25, -0.2) is 0 Å². The van der Waals surface area contributed by atoms with Crippen molar-refractivity contribution < 1.29 is 4.74 Å². The topological polar surface area (TPSA) is 24.5 Å². The van der Waals surface area contributed by atoms with Gasteiger partial charge in [-0.3, -0.25) is 4.90 Å². The van der Waals surface area contributed by atoms with Gasteiger partial charge in [-0.15, -0.1) is 0 Å². The average molecular weight is 292 g/mol. The minimum atomic E-state index is 0.422. The molecule has 1 saturated carbocycles. The molecule has 3 aliphatic heterocycles. The van der Waals surface area contributed by atoms with Crippen molar-refractivity contribution in [1.29, 1.82) is 0 Å². The molecule has 4 aliphatic rings. The Kier molecular flexibility index (Phi) is 3.79.